The van der Waals surface area contributed by atoms with Gasteiger partial charge in [0.05, 0.1) is 13.2 Å². The van der Waals surface area contributed by atoms with Crippen molar-refractivity contribution in [1.82, 2.24) is 5.32 Å². The van der Waals surface area contributed by atoms with E-state index < -0.39 is 7.60 Å². The lowest BCUT2D eigenvalue weighted by molar-refractivity contribution is 0.266. The van der Waals surface area contributed by atoms with Crippen molar-refractivity contribution in [3.63, 3.8) is 0 Å². The Morgan fingerprint density at radius 1 is 1.15 bits per heavy atom. The van der Waals surface area contributed by atoms with E-state index in [-0.39, 0.29) is 19.4 Å². The molecule has 6 nitrogen and oxygen atoms in total. The highest BCUT2D eigenvalue weighted by Gasteiger charge is 2.05. The lowest BCUT2D eigenvalue weighted by Gasteiger charge is -1.94. The lowest BCUT2D eigenvalue weighted by Crippen LogP contribution is -2.21. The first kappa shape index (κ1) is 15.5. The highest BCUT2D eigenvalue weighted by atomic mass is 31.2. The molecule has 5 N–H and O–H groups in total. The van der Waals surface area contributed by atoms with Gasteiger partial charge in [-0.1, -0.05) is 6.92 Å². The third-order valence-corrected chi connectivity index (χ3v) is 1.81. The van der Waals surface area contributed by atoms with Crippen LogP contribution in [0.4, 0.5) is 0 Å². The smallest absolute Gasteiger partial charge is 0.325 e. The van der Waals surface area contributed by atoms with Crippen molar-refractivity contribution >= 4 is 7.60 Å². The third-order valence-electron chi connectivity index (χ3n) is 0.989. The third kappa shape index (κ3) is 24.5. The van der Waals surface area contributed by atoms with E-state index in [0.717, 1.165) is 0 Å². The number of rotatable bonds is 5. The molecule has 0 unspecified atom stereocenters. The van der Waals surface area contributed by atoms with E-state index in [0.29, 0.717) is 13.1 Å². The zero-order valence-corrected chi connectivity index (χ0v) is 8.57. The lowest BCUT2D eigenvalue weighted by atomic mass is 10.6. The Hall–Kier alpha value is 0.0300. The second-order valence-corrected chi connectivity index (χ2v) is 4.14. The van der Waals surface area contributed by atoms with Gasteiger partial charge >= 0.3 is 7.60 Å². The van der Waals surface area contributed by atoms with E-state index >= 15 is 0 Å². The summed E-state index contributed by atoms with van der Waals surface area (Å²) in [5.74, 6) is 0. The molecule has 82 valence electrons. The molecule has 0 spiro atoms. The normalized spacial score (nSPS) is 10.5. The highest BCUT2D eigenvalue weighted by Crippen LogP contribution is 2.32. The predicted molar refractivity (Wildman–Crippen MR) is 49.6 cm³/mol. The molecule has 0 heterocycles. The van der Waals surface area contributed by atoms with Gasteiger partial charge in [-0.2, -0.15) is 0 Å². The quantitative estimate of drug-likeness (QED) is 0.289. The van der Waals surface area contributed by atoms with Crippen LogP contribution in [0.15, 0.2) is 0 Å². The van der Waals surface area contributed by atoms with Crippen LogP contribution in [-0.2, 0) is 4.57 Å². The number of hydrogen-bond donors (Lipinski definition) is 5. The molecular formula is C6H18NO5P. The molecule has 0 aromatic heterocycles. The fourth-order valence-corrected chi connectivity index (χ4v) is 0.283. The summed E-state index contributed by atoms with van der Waals surface area (Å²) in [6.45, 7) is 2.86. The van der Waals surface area contributed by atoms with Crippen molar-refractivity contribution in [2.75, 3.05) is 32.5 Å². The fraction of sp³-hybridized carbons (Fsp3) is 1.00. The molecule has 0 aromatic rings. The first-order valence-corrected chi connectivity index (χ1v) is 5.74. The molecule has 0 radical (unpaired) electrons. The van der Waals surface area contributed by atoms with Gasteiger partial charge in [0.2, 0.25) is 0 Å². The molecule has 0 saturated carbocycles. The minimum atomic E-state index is -3.65. The molecule has 7 heteroatoms. The van der Waals surface area contributed by atoms with Crippen LogP contribution in [0.3, 0.4) is 0 Å². The van der Waals surface area contributed by atoms with Crippen LogP contribution in [0.2, 0.25) is 0 Å². The summed E-state index contributed by atoms with van der Waals surface area (Å²) in [7, 11) is -3.65. The maximum absolute atomic E-state index is 9.69. The van der Waals surface area contributed by atoms with Crippen molar-refractivity contribution in [3.8, 4) is 0 Å². The predicted octanol–water partition coefficient (Wildman–Crippen LogP) is -1.26. The largest absolute Gasteiger partial charge is 0.395 e. The van der Waals surface area contributed by atoms with Crippen LogP contribution >= 0.6 is 7.60 Å². The Bertz CT molecular complexity index is 133. The van der Waals surface area contributed by atoms with E-state index in [1.54, 1.807) is 0 Å². The van der Waals surface area contributed by atoms with Gasteiger partial charge in [-0.15, -0.1) is 0 Å². The summed E-state index contributed by atoms with van der Waals surface area (Å²) in [6, 6.07) is 0. The summed E-state index contributed by atoms with van der Waals surface area (Å²) >= 11 is 0. The Balaban J connectivity index is 0. The van der Waals surface area contributed by atoms with Gasteiger partial charge in [-0.3, -0.25) is 4.57 Å². The van der Waals surface area contributed by atoms with E-state index in [1.165, 1.54) is 6.92 Å². The molecule has 0 aliphatic carbocycles. The summed E-state index contributed by atoms with van der Waals surface area (Å²) in [5.41, 5.74) is 0. The minimum absolute atomic E-state index is 0.0625. The average molecular weight is 215 g/mol. The maximum Gasteiger partial charge on any atom is 0.325 e. The molecule has 13 heavy (non-hydrogen) atoms. The molecular weight excluding hydrogens is 197 g/mol. The fourth-order valence-electron chi connectivity index (χ4n) is 0.283. The topological polar surface area (TPSA) is 110 Å². The van der Waals surface area contributed by atoms with Crippen molar-refractivity contribution in [1.29, 1.82) is 0 Å². The number of aliphatic hydroxyl groups is 2. The molecule has 0 atom stereocenters. The van der Waals surface area contributed by atoms with Crippen LogP contribution in [-0.4, -0.2) is 52.5 Å². The average Bonchev–Trinajstić information content (AvgIpc) is 2.06. The summed E-state index contributed by atoms with van der Waals surface area (Å²) in [4.78, 5) is 15.9. The van der Waals surface area contributed by atoms with Crippen molar-refractivity contribution in [2.24, 2.45) is 0 Å². The minimum Gasteiger partial charge on any atom is -0.395 e. The molecule has 0 amide bonds. The monoisotopic (exact) mass is 215 g/mol. The Morgan fingerprint density at radius 3 is 1.62 bits per heavy atom. The molecule has 0 fully saturated rings. The van der Waals surface area contributed by atoms with Crippen LogP contribution in [0.25, 0.3) is 0 Å². The van der Waals surface area contributed by atoms with Gasteiger partial charge in [-0.25, -0.2) is 0 Å². The molecule has 0 saturated heterocycles. The Labute approximate surface area is 77.8 Å². The van der Waals surface area contributed by atoms with Crippen molar-refractivity contribution in [3.05, 3.63) is 0 Å². The molecule has 0 aliphatic rings. The Morgan fingerprint density at radius 2 is 1.46 bits per heavy atom. The summed E-state index contributed by atoms with van der Waals surface area (Å²) in [5, 5.41) is 19.1. The van der Waals surface area contributed by atoms with Crippen LogP contribution in [0.5, 0.6) is 0 Å². The zero-order valence-electron chi connectivity index (χ0n) is 7.68. The first-order chi connectivity index (χ1) is 5.97. The standard InChI is InChI=1S/C4H11NO2.C2H7O3P/c6-3-1-5-2-4-7;1-2-6(3,4)5/h5-7H,1-4H2;2H2,1H3,(H2,3,4,5). The van der Waals surface area contributed by atoms with E-state index in [9.17, 15) is 4.57 Å². The van der Waals surface area contributed by atoms with Gasteiger partial charge in [0.15, 0.2) is 0 Å². The summed E-state index contributed by atoms with van der Waals surface area (Å²) in [6.07, 6.45) is -0.0625. The van der Waals surface area contributed by atoms with E-state index in [1.807, 2.05) is 0 Å². The molecule has 0 aromatic carbocycles. The molecule has 0 rings (SSSR count). The van der Waals surface area contributed by atoms with Crippen molar-refractivity contribution < 1.29 is 24.6 Å². The van der Waals surface area contributed by atoms with Crippen molar-refractivity contribution in [2.45, 2.75) is 6.92 Å². The highest BCUT2D eigenvalue weighted by molar-refractivity contribution is 7.51. The van der Waals surface area contributed by atoms with Gasteiger partial charge in [0.25, 0.3) is 0 Å². The maximum atomic E-state index is 9.69. The first-order valence-electron chi connectivity index (χ1n) is 3.95. The van der Waals surface area contributed by atoms with Gasteiger partial charge in [0, 0.05) is 19.3 Å². The second kappa shape index (κ2) is 10.1. The van der Waals surface area contributed by atoms with E-state index in [4.69, 9.17) is 20.0 Å². The number of aliphatic hydroxyl groups excluding tert-OH is 2. The van der Waals surface area contributed by atoms with Gasteiger partial charge in [-0.05, 0) is 0 Å². The van der Waals surface area contributed by atoms with Crippen LogP contribution in [0, 0.1) is 0 Å². The number of hydrogen-bond acceptors (Lipinski definition) is 4. The zero-order chi connectivity index (χ0) is 10.7. The van der Waals surface area contributed by atoms with Gasteiger partial charge < -0.3 is 25.3 Å². The van der Waals surface area contributed by atoms with Crippen LogP contribution < -0.4 is 5.32 Å². The second-order valence-electron chi connectivity index (χ2n) is 2.18. The van der Waals surface area contributed by atoms with Gasteiger partial charge in [0.1, 0.15) is 0 Å². The molecule has 0 aliphatic heterocycles. The van der Waals surface area contributed by atoms with E-state index in [2.05, 4.69) is 5.32 Å². The Kier molecular flexibility index (Phi) is 12.1. The number of nitrogens with one attached hydrogen (secondary N) is 1. The SMILES string of the molecule is CCP(=O)(O)O.OCCNCCO. The van der Waals surface area contributed by atoms with Crippen LogP contribution in [0.1, 0.15) is 6.92 Å². The summed E-state index contributed by atoms with van der Waals surface area (Å²) < 4.78 is 9.69. The molecule has 0 bridgehead atoms.